The molecule has 0 radical (unpaired) electrons. The van der Waals surface area contributed by atoms with Crippen LogP contribution in [0.25, 0.3) is 0 Å². The van der Waals surface area contributed by atoms with Crippen molar-refractivity contribution in [3.63, 3.8) is 0 Å². The maximum atomic E-state index is 3.69. The molecule has 0 aliphatic carbocycles. The number of piperazine rings is 1. The molecular weight excluding hydrogens is 258 g/mol. The molecule has 1 aliphatic heterocycles. The highest BCUT2D eigenvalue weighted by Crippen LogP contribution is 2.27. The third-order valence-corrected chi connectivity index (χ3v) is 4.96. The van der Waals surface area contributed by atoms with E-state index in [0.717, 1.165) is 19.0 Å². The first-order valence-electron chi connectivity index (χ1n) is 8.83. The SMILES string of the molecule is CCCC(C)(CNCC(C)C)CN1CCN(C)C(C)(C)C1. The molecule has 0 aromatic rings. The summed E-state index contributed by atoms with van der Waals surface area (Å²) >= 11 is 0. The van der Waals surface area contributed by atoms with Gasteiger partial charge in [-0.05, 0) is 45.2 Å². The Bertz CT molecular complexity index is 301. The van der Waals surface area contributed by atoms with Gasteiger partial charge < -0.3 is 5.32 Å². The Labute approximate surface area is 133 Å². The second kappa shape index (κ2) is 7.94. The van der Waals surface area contributed by atoms with Crippen molar-refractivity contribution in [3.05, 3.63) is 0 Å². The highest BCUT2D eigenvalue weighted by atomic mass is 15.3. The van der Waals surface area contributed by atoms with Crippen LogP contribution in [0.4, 0.5) is 0 Å². The van der Waals surface area contributed by atoms with Gasteiger partial charge in [0.15, 0.2) is 0 Å². The van der Waals surface area contributed by atoms with Gasteiger partial charge in [0.05, 0.1) is 0 Å². The molecule has 0 aromatic carbocycles. The van der Waals surface area contributed by atoms with E-state index in [0.29, 0.717) is 11.0 Å². The Morgan fingerprint density at radius 2 is 1.90 bits per heavy atom. The molecule has 126 valence electrons. The predicted octanol–water partition coefficient (Wildman–Crippen LogP) is 3.06. The number of nitrogens with zero attached hydrogens (tertiary/aromatic N) is 2. The van der Waals surface area contributed by atoms with E-state index < -0.39 is 0 Å². The van der Waals surface area contributed by atoms with Gasteiger partial charge in [0.1, 0.15) is 0 Å². The number of likely N-dealkylation sites (N-methyl/N-ethyl adjacent to an activating group) is 1. The Morgan fingerprint density at radius 3 is 2.43 bits per heavy atom. The van der Waals surface area contributed by atoms with Crippen LogP contribution >= 0.6 is 0 Å². The molecule has 1 unspecified atom stereocenters. The van der Waals surface area contributed by atoms with Crippen molar-refractivity contribution in [2.75, 3.05) is 46.3 Å². The molecule has 0 spiro atoms. The van der Waals surface area contributed by atoms with E-state index in [2.05, 4.69) is 63.7 Å². The highest BCUT2D eigenvalue weighted by Gasteiger charge is 2.34. The molecule has 21 heavy (non-hydrogen) atoms. The summed E-state index contributed by atoms with van der Waals surface area (Å²) in [6, 6.07) is 0. The fraction of sp³-hybridized carbons (Fsp3) is 1.00. The van der Waals surface area contributed by atoms with Gasteiger partial charge in [0.25, 0.3) is 0 Å². The fourth-order valence-electron chi connectivity index (χ4n) is 3.51. The molecule has 3 heteroatoms. The lowest BCUT2D eigenvalue weighted by atomic mass is 9.83. The smallest absolute Gasteiger partial charge is 0.0277 e. The van der Waals surface area contributed by atoms with Crippen LogP contribution in [0.2, 0.25) is 0 Å². The van der Waals surface area contributed by atoms with E-state index in [4.69, 9.17) is 0 Å². The van der Waals surface area contributed by atoms with E-state index in [1.807, 2.05) is 0 Å². The molecule has 1 atom stereocenters. The molecule has 0 saturated carbocycles. The molecule has 1 rings (SSSR count). The average molecular weight is 298 g/mol. The third kappa shape index (κ3) is 6.25. The minimum Gasteiger partial charge on any atom is -0.316 e. The lowest BCUT2D eigenvalue weighted by molar-refractivity contribution is 0.0169. The molecule has 1 saturated heterocycles. The summed E-state index contributed by atoms with van der Waals surface area (Å²) in [5, 5.41) is 3.69. The zero-order chi connectivity index (χ0) is 16.1. The molecule has 1 fully saturated rings. The van der Waals surface area contributed by atoms with E-state index >= 15 is 0 Å². The van der Waals surface area contributed by atoms with Crippen molar-refractivity contribution in [1.82, 2.24) is 15.1 Å². The first kappa shape index (κ1) is 18.9. The molecule has 3 nitrogen and oxygen atoms in total. The van der Waals surface area contributed by atoms with Crippen LogP contribution < -0.4 is 5.32 Å². The topological polar surface area (TPSA) is 18.5 Å². The molecule has 0 bridgehead atoms. The van der Waals surface area contributed by atoms with Gasteiger partial charge in [-0.15, -0.1) is 0 Å². The summed E-state index contributed by atoms with van der Waals surface area (Å²) in [5.41, 5.74) is 0.701. The third-order valence-electron chi connectivity index (χ3n) is 4.96. The number of hydrogen-bond acceptors (Lipinski definition) is 3. The van der Waals surface area contributed by atoms with Crippen LogP contribution in [0, 0.1) is 11.3 Å². The van der Waals surface area contributed by atoms with Crippen molar-refractivity contribution < 1.29 is 0 Å². The number of nitrogens with one attached hydrogen (secondary N) is 1. The van der Waals surface area contributed by atoms with Crippen LogP contribution in [-0.2, 0) is 0 Å². The maximum absolute atomic E-state index is 3.69. The van der Waals surface area contributed by atoms with Gasteiger partial charge in [-0.3, -0.25) is 9.80 Å². The largest absolute Gasteiger partial charge is 0.316 e. The summed E-state index contributed by atoms with van der Waals surface area (Å²) in [6.45, 7) is 21.2. The zero-order valence-electron chi connectivity index (χ0n) is 15.6. The summed E-state index contributed by atoms with van der Waals surface area (Å²) in [7, 11) is 2.26. The Hall–Kier alpha value is -0.120. The fourth-order valence-corrected chi connectivity index (χ4v) is 3.51. The van der Waals surface area contributed by atoms with Gasteiger partial charge in [0, 0.05) is 38.3 Å². The summed E-state index contributed by atoms with van der Waals surface area (Å²) in [5.74, 6) is 0.735. The number of hydrogen-bond donors (Lipinski definition) is 1. The van der Waals surface area contributed by atoms with Gasteiger partial charge in [-0.1, -0.05) is 34.1 Å². The van der Waals surface area contributed by atoms with Gasteiger partial charge in [-0.25, -0.2) is 0 Å². The standard InChI is InChI=1S/C18H39N3/c1-8-9-18(6,13-19-12-16(2)3)15-21-11-10-20(7)17(4,5)14-21/h16,19H,8-15H2,1-7H3. The lowest BCUT2D eigenvalue weighted by Gasteiger charge is -2.48. The lowest BCUT2D eigenvalue weighted by Crippen LogP contribution is -2.59. The molecule has 1 N–H and O–H groups in total. The van der Waals surface area contributed by atoms with Gasteiger partial charge >= 0.3 is 0 Å². The van der Waals surface area contributed by atoms with E-state index in [9.17, 15) is 0 Å². The van der Waals surface area contributed by atoms with Crippen LogP contribution in [0.1, 0.15) is 54.4 Å². The van der Waals surface area contributed by atoms with Crippen molar-refractivity contribution in [1.29, 1.82) is 0 Å². The number of rotatable bonds is 8. The van der Waals surface area contributed by atoms with Crippen LogP contribution in [0.3, 0.4) is 0 Å². The Morgan fingerprint density at radius 1 is 1.24 bits per heavy atom. The quantitative estimate of drug-likeness (QED) is 0.743. The normalized spacial score (nSPS) is 23.4. The van der Waals surface area contributed by atoms with Crippen molar-refractivity contribution in [3.8, 4) is 0 Å². The minimum atomic E-state index is 0.302. The second-order valence-electron chi connectivity index (χ2n) is 8.53. The van der Waals surface area contributed by atoms with E-state index in [1.165, 1.54) is 39.0 Å². The van der Waals surface area contributed by atoms with Crippen molar-refractivity contribution >= 4 is 0 Å². The molecule has 0 amide bonds. The summed E-state index contributed by atoms with van der Waals surface area (Å²) in [6.07, 6.45) is 2.59. The van der Waals surface area contributed by atoms with Crippen molar-refractivity contribution in [2.24, 2.45) is 11.3 Å². The first-order valence-corrected chi connectivity index (χ1v) is 8.83. The van der Waals surface area contributed by atoms with Crippen LogP contribution in [0.5, 0.6) is 0 Å². The van der Waals surface area contributed by atoms with E-state index in [1.54, 1.807) is 0 Å². The van der Waals surface area contributed by atoms with E-state index in [-0.39, 0.29) is 0 Å². The average Bonchev–Trinajstić information content (AvgIpc) is 2.33. The molecule has 1 heterocycles. The highest BCUT2D eigenvalue weighted by molar-refractivity contribution is 4.91. The van der Waals surface area contributed by atoms with Gasteiger partial charge in [-0.2, -0.15) is 0 Å². The van der Waals surface area contributed by atoms with Crippen molar-refractivity contribution in [2.45, 2.75) is 59.9 Å². The Balaban J connectivity index is 2.56. The maximum Gasteiger partial charge on any atom is 0.0277 e. The molecule has 1 aliphatic rings. The summed E-state index contributed by atoms with van der Waals surface area (Å²) < 4.78 is 0. The monoisotopic (exact) mass is 297 g/mol. The van der Waals surface area contributed by atoms with Crippen LogP contribution in [0.15, 0.2) is 0 Å². The first-order chi connectivity index (χ1) is 9.68. The molecule has 0 aromatic heterocycles. The second-order valence-corrected chi connectivity index (χ2v) is 8.53. The van der Waals surface area contributed by atoms with Gasteiger partial charge in [0.2, 0.25) is 0 Å². The summed E-state index contributed by atoms with van der Waals surface area (Å²) in [4.78, 5) is 5.18. The minimum absolute atomic E-state index is 0.302. The van der Waals surface area contributed by atoms with Crippen LogP contribution in [-0.4, -0.2) is 61.7 Å². The predicted molar refractivity (Wildman–Crippen MR) is 93.9 cm³/mol. The molecular formula is C18H39N3. The Kier molecular flexibility index (Phi) is 7.15. The zero-order valence-corrected chi connectivity index (χ0v) is 15.6.